The summed E-state index contributed by atoms with van der Waals surface area (Å²) < 4.78 is 0. The van der Waals surface area contributed by atoms with Crippen molar-refractivity contribution in [3.63, 3.8) is 0 Å². The van der Waals surface area contributed by atoms with E-state index < -0.39 is 5.97 Å². The zero-order valence-corrected chi connectivity index (χ0v) is 10.7. The van der Waals surface area contributed by atoms with Gasteiger partial charge in [0.05, 0.1) is 11.9 Å². The summed E-state index contributed by atoms with van der Waals surface area (Å²) in [5.74, 6) is -0.358. The molecule has 1 aromatic heterocycles. The Morgan fingerprint density at radius 1 is 1.47 bits per heavy atom. The minimum absolute atomic E-state index is 0.0454. The SMILES string of the molecule is CCC(C)Nc1cnc(C(C)C)nc1C(=O)O. The van der Waals surface area contributed by atoms with Gasteiger partial charge in [0.25, 0.3) is 0 Å². The molecular weight excluding hydrogens is 218 g/mol. The number of anilines is 1. The second kappa shape index (κ2) is 5.61. The van der Waals surface area contributed by atoms with Gasteiger partial charge < -0.3 is 10.4 Å². The van der Waals surface area contributed by atoms with Crippen LogP contribution in [-0.2, 0) is 0 Å². The third-order valence-corrected chi connectivity index (χ3v) is 2.54. The molecule has 5 heteroatoms. The third-order valence-electron chi connectivity index (χ3n) is 2.54. The topological polar surface area (TPSA) is 75.1 Å². The van der Waals surface area contributed by atoms with Gasteiger partial charge in [-0.2, -0.15) is 0 Å². The molecule has 1 aromatic rings. The van der Waals surface area contributed by atoms with Crippen molar-refractivity contribution in [2.24, 2.45) is 0 Å². The van der Waals surface area contributed by atoms with Gasteiger partial charge >= 0.3 is 5.97 Å². The van der Waals surface area contributed by atoms with Crippen LogP contribution >= 0.6 is 0 Å². The van der Waals surface area contributed by atoms with E-state index in [0.29, 0.717) is 11.5 Å². The number of aromatic carboxylic acids is 1. The van der Waals surface area contributed by atoms with Crippen LogP contribution in [0, 0.1) is 0 Å². The maximum absolute atomic E-state index is 11.1. The van der Waals surface area contributed by atoms with Gasteiger partial charge in [0.2, 0.25) is 0 Å². The number of nitrogens with one attached hydrogen (secondary N) is 1. The first-order chi connectivity index (χ1) is 7.95. The van der Waals surface area contributed by atoms with Crippen molar-refractivity contribution in [2.75, 3.05) is 5.32 Å². The number of hydrogen-bond donors (Lipinski definition) is 2. The molecular formula is C12H19N3O2. The lowest BCUT2D eigenvalue weighted by Crippen LogP contribution is -2.18. The minimum atomic E-state index is -1.03. The summed E-state index contributed by atoms with van der Waals surface area (Å²) >= 11 is 0. The zero-order chi connectivity index (χ0) is 13.0. The predicted molar refractivity (Wildman–Crippen MR) is 66.5 cm³/mol. The van der Waals surface area contributed by atoms with Crippen molar-refractivity contribution in [1.82, 2.24) is 9.97 Å². The van der Waals surface area contributed by atoms with E-state index in [9.17, 15) is 4.79 Å². The zero-order valence-electron chi connectivity index (χ0n) is 10.7. The number of aromatic nitrogens is 2. The van der Waals surface area contributed by atoms with Gasteiger partial charge in [-0.15, -0.1) is 0 Å². The average Bonchev–Trinajstić information content (AvgIpc) is 2.28. The molecule has 1 rings (SSSR count). The molecule has 5 nitrogen and oxygen atoms in total. The number of rotatable bonds is 5. The Morgan fingerprint density at radius 2 is 2.12 bits per heavy atom. The van der Waals surface area contributed by atoms with Gasteiger partial charge in [0.15, 0.2) is 5.69 Å². The molecule has 0 saturated heterocycles. The molecule has 0 aliphatic rings. The molecule has 1 unspecified atom stereocenters. The van der Waals surface area contributed by atoms with Gasteiger partial charge in [-0.05, 0) is 13.3 Å². The van der Waals surface area contributed by atoms with Crippen molar-refractivity contribution in [1.29, 1.82) is 0 Å². The lowest BCUT2D eigenvalue weighted by Gasteiger charge is -2.15. The number of carbonyl (C=O) groups is 1. The first-order valence-electron chi connectivity index (χ1n) is 5.82. The van der Waals surface area contributed by atoms with Crippen LogP contribution in [0.5, 0.6) is 0 Å². The summed E-state index contributed by atoms with van der Waals surface area (Å²) in [6.07, 6.45) is 2.46. The molecule has 1 atom stereocenters. The smallest absolute Gasteiger partial charge is 0.356 e. The van der Waals surface area contributed by atoms with Gasteiger partial charge in [0, 0.05) is 12.0 Å². The maximum Gasteiger partial charge on any atom is 0.356 e. The second-order valence-corrected chi connectivity index (χ2v) is 4.40. The molecule has 1 heterocycles. The van der Waals surface area contributed by atoms with E-state index in [2.05, 4.69) is 15.3 Å². The molecule has 0 aliphatic carbocycles. The molecule has 17 heavy (non-hydrogen) atoms. The standard InChI is InChI=1S/C12H19N3O2/c1-5-8(4)14-9-6-13-11(7(2)3)15-10(9)12(16)17/h6-8,14H,5H2,1-4H3,(H,16,17). The molecule has 0 aromatic carbocycles. The van der Waals surface area contributed by atoms with Crippen LogP contribution in [-0.4, -0.2) is 27.1 Å². The molecule has 0 radical (unpaired) electrons. The largest absolute Gasteiger partial charge is 0.476 e. The normalized spacial score (nSPS) is 12.5. The van der Waals surface area contributed by atoms with Crippen LogP contribution in [0.1, 0.15) is 56.3 Å². The molecule has 0 fully saturated rings. The number of nitrogens with zero attached hydrogens (tertiary/aromatic N) is 2. The van der Waals surface area contributed by atoms with Crippen molar-refractivity contribution < 1.29 is 9.90 Å². The molecule has 0 spiro atoms. The lowest BCUT2D eigenvalue weighted by atomic mass is 10.2. The van der Waals surface area contributed by atoms with Crippen molar-refractivity contribution >= 4 is 11.7 Å². The van der Waals surface area contributed by atoms with Gasteiger partial charge in [-0.1, -0.05) is 20.8 Å². The van der Waals surface area contributed by atoms with Gasteiger partial charge in [-0.3, -0.25) is 0 Å². The summed E-state index contributed by atoms with van der Waals surface area (Å²) in [5, 5.41) is 12.2. The fourth-order valence-corrected chi connectivity index (χ4v) is 1.31. The average molecular weight is 237 g/mol. The summed E-state index contributed by atoms with van der Waals surface area (Å²) in [4.78, 5) is 19.4. The monoisotopic (exact) mass is 237 g/mol. The fourth-order valence-electron chi connectivity index (χ4n) is 1.31. The second-order valence-electron chi connectivity index (χ2n) is 4.40. The van der Waals surface area contributed by atoms with Crippen LogP contribution in [0.4, 0.5) is 5.69 Å². The summed E-state index contributed by atoms with van der Waals surface area (Å²) in [6.45, 7) is 7.88. The Balaban J connectivity index is 3.09. The molecule has 0 saturated carbocycles. The van der Waals surface area contributed by atoms with E-state index in [1.54, 1.807) is 6.20 Å². The highest BCUT2D eigenvalue weighted by Crippen LogP contribution is 2.17. The predicted octanol–water partition coefficient (Wildman–Crippen LogP) is 2.51. The van der Waals surface area contributed by atoms with E-state index in [0.717, 1.165) is 6.42 Å². The van der Waals surface area contributed by atoms with E-state index in [4.69, 9.17) is 5.11 Å². The maximum atomic E-state index is 11.1. The molecule has 0 aliphatic heterocycles. The summed E-state index contributed by atoms with van der Waals surface area (Å²) in [6, 6.07) is 0.196. The van der Waals surface area contributed by atoms with Crippen molar-refractivity contribution in [2.45, 2.75) is 46.1 Å². The number of carboxylic acid groups (broad SMARTS) is 1. The number of hydrogen-bond acceptors (Lipinski definition) is 4. The van der Waals surface area contributed by atoms with Crippen molar-refractivity contribution in [3.8, 4) is 0 Å². The van der Waals surface area contributed by atoms with E-state index >= 15 is 0 Å². The van der Waals surface area contributed by atoms with Gasteiger partial charge in [0.1, 0.15) is 5.82 Å². The Hall–Kier alpha value is -1.65. The van der Waals surface area contributed by atoms with E-state index in [1.807, 2.05) is 27.7 Å². The molecule has 2 N–H and O–H groups in total. The van der Waals surface area contributed by atoms with Crippen LogP contribution in [0.3, 0.4) is 0 Å². The molecule has 0 bridgehead atoms. The van der Waals surface area contributed by atoms with Gasteiger partial charge in [-0.25, -0.2) is 14.8 Å². The number of carboxylic acids is 1. The Kier molecular flexibility index (Phi) is 4.43. The van der Waals surface area contributed by atoms with E-state index in [1.165, 1.54) is 0 Å². The fraction of sp³-hybridized carbons (Fsp3) is 0.583. The highest BCUT2D eigenvalue weighted by Gasteiger charge is 2.16. The molecule has 94 valence electrons. The highest BCUT2D eigenvalue weighted by atomic mass is 16.4. The highest BCUT2D eigenvalue weighted by molar-refractivity contribution is 5.91. The van der Waals surface area contributed by atoms with Crippen LogP contribution < -0.4 is 5.32 Å². The minimum Gasteiger partial charge on any atom is -0.476 e. The van der Waals surface area contributed by atoms with Crippen LogP contribution in [0.25, 0.3) is 0 Å². The first kappa shape index (κ1) is 13.4. The van der Waals surface area contributed by atoms with Crippen molar-refractivity contribution in [3.05, 3.63) is 17.7 Å². The summed E-state index contributed by atoms with van der Waals surface area (Å²) in [5.41, 5.74) is 0.528. The molecule has 0 amide bonds. The Bertz CT molecular complexity index is 405. The lowest BCUT2D eigenvalue weighted by molar-refractivity contribution is 0.0691. The Labute approximate surface area is 101 Å². The third kappa shape index (κ3) is 3.41. The summed E-state index contributed by atoms with van der Waals surface area (Å²) in [7, 11) is 0. The quantitative estimate of drug-likeness (QED) is 0.823. The van der Waals surface area contributed by atoms with Crippen LogP contribution in [0.15, 0.2) is 6.20 Å². The Morgan fingerprint density at radius 3 is 2.59 bits per heavy atom. The first-order valence-corrected chi connectivity index (χ1v) is 5.82. The van der Waals surface area contributed by atoms with E-state index in [-0.39, 0.29) is 17.7 Å². The van der Waals surface area contributed by atoms with Crippen LogP contribution in [0.2, 0.25) is 0 Å².